The molecule has 1 heterocycles. The second-order valence-corrected chi connectivity index (χ2v) is 8.46. The van der Waals surface area contributed by atoms with E-state index in [1.807, 2.05) is 0 Å². The molecule has 4 fully saturated rings. The quantitative estimate of drug-likeness (QED) is 0.720. The predicted octanol–water partition coefficient (Wildman–Crippen LogP) is 4.40. The van der Waals surface area contributed by atoms with Crippen LogP contribution in [0.4, 0.5) is 0 Å². The predicted molar refractivity (Wildman–Crippen MR) is 88.5 cm³/mol. The monoisotopic (exact) mass is 320 g/mol. The zero-order valence-corrected chi connectivity index (χ0v) is 14.7. The van der Waals surface area contributed by atoms with Crippen molar-refractivity contribution in [1.29, 1.82) is 0 Å². The van der Waals surface area contributed by atoms with Gasteiger partial charge in [0.05, 0.1) is 12.5 Å². The zero-order chi connectivity index (χ0) is 16.0. The summed E-state index contributed by atoms with van der Waals surface area (Å²) < 4.78 is 11.3. The van der Waals surface area contributed by atoms with E-state index in [1.54, 1.807) is 0 Å². The van der Waals surface area contributed by atoms with Gasteiger partial charge in [-0.25, -0.2) is 0 Å². The Kier molecular flexibility index (Phi) is 4.42. The molecule has 0 amide bonds. The van der Waals surface area contributed by atoms with Crippen molar-refractivity contribution in [3.63, 3.8) is 0 Å². The first-order chi connectivity index (χ1) is 11.2. The van der Waals surface area contributed by atoms with Crippen molar-refractivity contribution in [2.45, 2.75) is 71.5 Å². The molecule has 3 nitrogen and oxygen atoms in total. The van der Waals surface area contributed by atoms with Gasteiger partial charge in [-0.2, -0.15) is 0 Å². The first-order valence-corrected chi connectivity index (χ1v) is 10.0. The van der Waals surface area contributed by atoms with Gasteiger partial charge in [-0.15, -0.1) is 0 Å². The van der Waals surface area contributed by atoms with E-state index in [0.29, 0.717) is 5.92 Å². The van der Waals surface area contributed by atoms with E-state index in [4.69, 9.17) is 9.47 Å². The number of carbonyl (C=O) groups excluding carboxylic acids is 1. The molecule has 3 aliphatic carbocycles. The van der Waals surface area contributed by atoms with Crippen molar-refractivity contribution >= 4 is 5.97 Å². The van der Waals surface area contributed by atoms with Gasteiger partial charge in [0.2, 0.25) is 6.29 Å². The molecule has 8 atom stereocenters. The molecule has 23 heavy (non-hydrogen) atoms. The van der Waals surface area contributed by atoms with Gasteiger partial charge in [0.25, 0.3) is 0 Å². The maximum Gasteiger partial charge on any atom is 0.311 e. The van der Waals surface area contributed by atoms with Crippen LogP contribution in [0.15, 0.2) is 0 Å². The molecule has 0 aromatic rings. The van der Waals surface area contributed by atoms with Crippen LogP contribution in [-0.4, -0.2) is 18.9 Å². The Morgan fingerprint density at radius 3 is 2.52 bits per heavy atom. The number of fused-ring (bicyclic) bond motifs is 5. The first kappa shape index (κ1) is 15.9. The molecule has 1 saturated heterocycles. The number of ether oxygens (including phenoxy) is 2. The third-order valence-corrected chi connectivity index (χ3v) is 7.56. The van der Waals surface area contributed by atoms with Gasteiger partial charge < -0.3 is 9.47 Å². The van der Waals surface area contributed by atoms with Crippen molar-refractivity contribution in [3.05, 3.63) is 0 Å². The first-order valence-electron chi connectivity index (χ1n) is 10.0. The summed E-state index contributed by atoms with van der Waals surface area (Å²) in [6.07, 6.45) is 9.23. The molecule has 3 heteroatoms. The van der Waals surface area contributed by atoms with Crippen LogP contribution in [0.1, 0.15) is 65.2 Å². The average molecular weight is 320 g/mol. The highest BCUT2D eigenvalue weighted by Crippen LogP contribution is 2.65. The molecule has 4 aliphatic rings. The number of rotatable bonds is 4. The Hall–Kier alpha value is -0.570. The maximum absolute atomic E-state index is 12.7. The number of hydrogen-bond donors (Lipinski definition) is 0. The molecule has 0 aromatic heterocycles. The SMILES string of the molecule is CCC1CC(CC)C2C3CC(CC3C(=O)OC3CCCCO3)C12. The van der Waals surface area contributed by atoms with Crippen LogP contribution in [0.2, 0.25) is 0 Å². The van der Waals surface area contributed by atoms with Gasteiger partial charge in [-0.1, -0.05) is 26.7 Å². The second kappa shape index (κ2) is 6.38. The molecule has 4 rings (SSSR count). The highest BCUT2D eigenvalue weighted by atomic mass is 16.7. The van der Waals surface area contributed by atoms with Crippen molar-refractivity contribution in [1.82, 2.24) is 0 Å². The van der Waals surface area contributed by atoms with Gasteiger partial charge in [0, 0.05) is 6.42 Å². The van der Waals surface area contributed by atoms with E-state index in [-0.39, 0.29) is 18.2 Å². The summed E-state index contributed by atoms with van der Waals surface area (Å²) in [6, 6.07) is 0. The zero-order valence-electron chi connectivity index (χ0n) is 14.7. The van der Waals surface area contributed by atoms with Crippen LogP contribution in [0.25, 0.3) is 0 Å². The van der Waals surface area contributed by atoms with Crippen LogP contribution in [-0.2, 0) is 14.3 Å². The topological polar surface area (TPSA) is 35.5 Å². The molecule has 3 saturated carbocycles. The van der Waals surface area contributed by atoms with E-state index in [2.05, 4.69) is 13.8 Å². The molecule has 0 radical (unpaired) electrons. The van der Waals surface area contributed by atoms with Crippen molar-refractivity contribution in [2.24, 2.45) is 41.4 Å². The fourth-order valence-electron chi connectivity index (χ4n) is 6.69. The maximum atomic E-state index is 12.7. The molecule has 0 spiro atoms. The molecule has 8 unspecified atom stereocenters. The summed E-state index contributed by atoms with van der Waals surface area (Å²) in [6.45, 7) is 5.45. The Labute approximate surface area is 140 Å². The van der Waals surface area contributed by atoms with Gasteiger partial charge >= 0.3 is 5.97 Å². The van der Waals surface area contributed by atoms with E-state index >= 15 is 0 Å². The number of hydrogen-bond acceptors (Lipinski definition) is 3. The Morgan fingerprint density at radius 1 is 1.04 bits per heavy atom. The minimum absolute atomic E-state index is 0.0534. The van der Waals surface area contributed by atoms with E-state index in [1.165, 1.54) is 25.7 Å². The van der Waals surface area contributed by atoms with Crippen molar-refractivity contribution < 1.29 is 14.3 Å². The fourth-order valence-corrected chi connectivity index (χ4v) is 6.69. The van der Waals surface area contributed by atoms with Crippen LogP contribution in [0.5, 0.6) is 0 Å². The van der Waals surface area contributed by atoms with E-state index < -0.39 is 0 Å². The van der Waals surface area contributed by atoms with E-state index in [0.717, 1.165) is 61.9 Å². The third kappa shape index (κ3) is 2.63. The number of esters is 1. The lowest BCUT2D eigenvalue weighted by Crippen LogP contribution is -2.37. The second-order valence-electron chi connectivity index (χ2n) is 8.46. The third-order valence-electron chi connectivity index (χ3n) is 7.56. The molecular weight excluding hydrogens is 288 g/mol. The Morgan fingerprint density at radius 2 is 1.83 bits per heavy atom. The largest absolute Gasteiger partial charge is 0.436 e. The van der Waals surface area contributed by atoms with Crippen molar-refractivity contribution in [3.8, 4) is 0 Å². The fraction of sp³-hybridized carbons (Fsp3) is 0.950. The van der Waals surface area contributed by atoms with Gasteiger partial charge in [0.15, 0.2) is 0 Å². The van der Waals surface area contributed by atoms with Gasteiger partial charge in [0.1, 0.15) is 0 Å². The highest BCUT2D eigenvalue weighted by molar-refractivity contribution is 5.73. The lowest BCUT2D eigenvalue weighted by atomic mass is 9.70. The molecular formula is C20H32O3. The van der Waals surface area contributed by atoms with Gasteiger partial charge in [-0.05, 0) is 67.6 Å². The normalized spacial score (nSPS) is 48.4. The summed E-state index contributed by atoms with van der Waals surface area (Å²) in [5.74, 6) is 5.08. The summed E-state index contributed by atoms with van der Waals surface area (Å²) in [5, 5.41) is 0. The minimum Gasteiger partial charge on any atom is -0.436 e. The lowest BCUT2D eigenvalue weighted by molar-refractivity contribution is -0.193. The van der Waals surface area contributed by atoms with Crippen LogP contribution >= 0.6 is 0 Å². The van der Waals surface area contributed by atoms with E-state index in [9.17, 15) is 4.79 Å². The molecule has 2 bridgehead atoms. The summed E-state index contributed by atoms with van der Waals surface area (Å²) in [7, 11) is 0. The smallest absolute Gasteiger partial charge is 0.311 e. The van der Waals surface area contributed by atoms with Crippen molar-refractivity contribution in [2.75, 3.05) is 6.61 Å². The Bertz CT molecular complexity index is 442. The summed E-state index contributed by atoms with van der Waals surface area (Å²) >= 11 is 0. The standard InChI is InChI=1S/C20H32O3/c1-3-12-9-13(4-2)19-15-10-14(18(12)19)11-16(15)20(21)23-17-7-5-6-8-22-17/h12-19H,3-11H2,1-2H3. The Balaban J connectivity index is 1.44. The molecule has 1 aliphatic heterocycles. The van der Waals surface area contributed by atoms with Crippen LogP contribution < -0.4 is 0 Å². The minimum atomic E-state index is -0.264. The number of carbonyl (C=O) groups is 1. The van der Waals surface area contributed by atoms with Crippen LogP contribution in [0.3, 0.4) is 0 Å². The summed E-state index contributed by atoms with van der Waals surface area (Å²) in [4.78, 5) is 12.7. The van der Waals surface area contributed by atoms with Gasteiger partial charge in [-0.3, -0.25) is 4.79 Å². The molecule has 0 aromatic carbocycles. The molecule has 130 valence electrons. The average Bonchev–Trinajstić information content (AvgIpc) is 3.25. The lowest BCUT2D eigenvalue weighted by Gasteiger charge is -2.35. The summed E-state index contributed by atoms with van der Waals surface area (Å²) in [5.41, 5.74) is 0. The molecule has 0 N–H and O–H groups in total. The van der Waals surface area contributed by atoms with Crippen LogP contribution in [0, 0.1) is 41.4 Å². The highest BCUT2D eigenvalue weighted by Gasteiger charge is 2.61.